The van der Waals surface area contributed by atoms with Gasteiger partial charge in [-0.3, -0.25) is 24.0 Å². The molecule has 13 nitrogen and oxygen atoms in total. The molecule has 178 valence electrons. The fourth-order valence-electron chi connectivity index (χ4n) is 3.87. The molecule has 0 aliphatic carbocycles. The number of primary amides is 1. The highest BCUT2D eigenvalue weighted by Gasteiger charge is 2.40. The van der Waals surface area contributed by atoms with Crippen molar-refractivity contribution in [1.29, 1.82) is 0 Å². The van der Waals surface area contributed by atoms with Gasteiger partial charge in [0.05, 0.1) is 12.5 Å². The molecule has 0 bridgehead atoms. The van der Waals surface area contributed by atoms with Gasteiger partial charge in [0.2, 0.25) is 23.6 Å². The van der Waals surface area contributed by atoms with Crippen LogP contribution < -0.4 is 21.7 Å². The number of hydrogen-bond donors (Lipinski definition) is 6. The van der Waals surface area contributed by atoms with E-state index in [1.165, 1.54) is 0 Å². The lowest BCUT2D eigenvalue weighted by atomic mass is 10.1. The molecule has 2 fully saturated rings. The Morgan fingerprint density at radius 2 is 1.69 bits per heavy atom. The molecule has 0 spiro atoms. The lowest BCUT2D eigenvalue weighted by molar-refractivity contribution is -0.147. The maximum absolute atomic E-state index is 13.1. The Balaban J connectivity index is 2.08. The lowest BCUT2D eigenvalue weighted by Crippen LogP contribution is -2.57. The third-order valence-electron chi connectivity index (χ3n) is 5.50. The van der Waals surface area contributed by atoms with Crippen LogP contribution in [-0.4, -0.2) is 87.9 Å². The Morgan fingerprint density at radius 3 is 2.25 bits per heavy atom. The van der Waals surface area contributed by atoms with E-state index in [1.807, 2.05) is 0 Å². The zero-order valence-electron chi connectivity index (χ0n) is 17.5. The summed E-state index contributed by atoms with van der Waals surface area (Å²) in [6, 6.07) is -4.26. The maximum atomic E-state index is 13.1. The van der Waals surface area contributed by atoms with Gasteiger partial charge in [0.1, 0.15) is 18.1 Å². The van der Waals surface area contributed by atoms with Crippen LogP contribution in [0.4, 0.5) is 0 Å². The Bertz CT molecular complexity index is 767. The average Bonchev–Trinajstić information content (AvgIpc) is 3.41. The predicted octanol–water partition coefficient (Wildman–Crippen LogP) is -2.48. The van der Waals surface area contributed by atoms with E-state index in [0.29, 0.717) is 19.4 Å². The lowest BCUT2D eigenvalue weighted by Gasteiger charge is -2.29. The molecule has 2 aliphatic rings. The first kappa shape index (κ1) is 25.0. The number of nitrogens with zero attached hydrogens (tertiary/aromatic N) is 1. The molecule has 2 heterocycles. The summed E-state index contributed by atoms with van der Waals surface area (Å²) in [6.07, 6.45) is 0.938. The van der Waals surface area contributed by atoms with Gasteiger partial charge in [-0.05, 0) is 38.6 Å². The highest BCUT2D eigenvalue weighted by atomic mass is 16.4. The van der Waals surface area contributed by atoms with E-state index in [-0.39, 0.29) is 25.8 Å². The molecule has 4 amide bonds. The van der Waals surface area contributed by atoms with Crippen molar-refractivity contribution in [2.75, 3.05) is 13.1 Å². The van der Waals surface area contributed by atoms with Gasteiger partial charge in [0.15, 0.2) is 0 Å². The summed E-state index contributed by atoms with van der Waals surface area (Å²) < 4.78 is 0. The standard InChI is InChI=1S/C19H29N5O8/c20-14(25)6-5-11(19(31)32)22-17(29)13-4-2-8-24(13)18(30)12(9-15(26)27)23-16(28)10-3-1-7-21-10/h10-13,21H,1-9H2,(H2,20,25)(H,22,29)(H,23,28)(H,26,27)(H,31,32). The van der Waals surface area contributed by atoms with Crippen molar-refractivity contribution >= 4 is 35.6 Å². The second kappa shape index (κ2) is 11.4. The van der Waals surface area contributed by atoms with Crippen molar-refractivity contribution < 1.29 is 39.0 Å². The van der Waals surface area contributed by atoms with Crippen molar-refractivity contribution in [2.45, 2.75) is 69.1 Å². The van der Waals surface area contributed by atoms with Crippen molar-refractivity contribution in [1.82, 2.24) is 20.9 Å². The summed E-state index contributed by atoms with van der Waals surface area (Å²) in [5.74, 6) is -5.30. The predicted molar refractivity (Wildman–Crippen MR) is 108 cm³/mol. The summed E-state index contributed by atoms with van der Waals surface area (Å²) in [6.45, 7) is 0.800. The Morgan fingerprint density at radius 1 is 1.00 bits per heavy atom. The number of rotatable bonds is 11. The quantitative estimate of drug-likeness (QED) is 0.195. The number of carboxylic acids is 2. The smallest absolute Gasteiger partial charge is 0.326 e. The summed E-state index contributed by atoms with van der Waals surface area (Å²) in [5, 5.41) is 26.2. The largest absolute Gasteiger partial charge is 0.481 e. The summed E-state index contributed by atoms with van der Waals surface area (Å²) in [5.41, 5.74) is 5.03. The number of likely N-dealkylation sites (tertiary alicyclic amines) is 1. The molecule has 0 aromatic heterocycles. The third-order valence-corrected chi connectivity index (χ3v) is 5.50. The Labute approximate surface area is 184 Å². The molecule has 4 unspecified atom stereocenters. The van der Waals surface area contributed by atoms with E-state index in [9.17, 15) is 39.0 Å². The number of nitrogens with one attached hydrogen (secondary N) is 3. The molecule has 7 N–H and O–H groups in total. The van der Waals surface area contributed by atoms with E-state index < -0.39 is 66.2 Å². The van der Waals surface area contributed by atoms with Crippen LogP contribution in [0.25, 0.3) is 0 Å². The molecule has 0 saturated carbocycles. The minimum Gasteiger partial charge on any atom is -0.481 e. The van der Waals surface area contributed by atoms with Crippen LogP contribution in [0.3, 0.4) is 0 Å². The second-order valence-electron chi connectivity index (χ2n) is 7.90. The number of aliphatic carboxylic acids is 2. The van der Waals surface area contributed by atoms with E-state index in [4.69, 9.17) is 5.73 Å². The van der Waals surface area contributed by atoms with Crippen molar-refractivity contribution in [3.05, 3.63) is 0 Å². The second-order valence-corrected chi connectivity index (χ2v) is 7.90. The van der Waals surface area contributed by atoms with Crippen LogP contribution >= 0.6 is 0 Å². The fraction of sp³-hybridized carbons (Fsp3) is 0.684. The monoisotopic (exact) mass is 455 g/mol. The molecule has 13 heteroatoms. The molecule has 2 rings (SSSR count). The molecule has 0 radical (unpaired) electrons. The van der Waals surface area contributed by atoms with Crippen molar-refractivity contribution in [3.8, 4) is 0 Å². The zero-order chi connectivity index (χ0) is 23.8. The number of amides is 4. The number of hydrogen-bond acceptors (Lipinski definition) is 7. The molecular formula is C19H29N5O8. The highest BCUT2D eigenvalue weighted by Crippen LogP contribution is 2.20. The zero-order valence-corrected chi connectivity index (χ0v) is 17.5. The van der Waals surface area contributed by atoms with E-state index in [2.05, 4.69) is 16.0 Å². The van der Waals surface area contributed by atoms with Crippen LogP contribution in [0.1, 0.15) is 44.9 Å². The average molecular weight is 455 g/mol. The minimum absolute atomic E-state index is 0.156. The van der Waals surface area contributed by atoms with E-state index in [0.717, 1.165) is 11.3 Å². The van der Waals surface area contributed by atoms with E-state index in [1.54, 1.807) is 0 Å². The van der Waals surface area contributed by atoms with Crippen LogP contribution in [0.5, 0.6) is 0 Å². The molecular weight excluding hydrogens is 426 g/mol. The molecule has 2 saturated heterocycles. The van der Waals surface area contributed by atoms with Gasteiger partial charge < -0.3 is 36.8 Å². The highest BCUT2D eigenvalue weighted by molar-refractivity contribution is 5.96. The number of carboxylic acid groups (broad SMARTS) is 2. The van der Waals surface area contributed by atoms with Crippen molar-refractivity contribution in [2.24, 2.45) is 5.73 Å². The van der Waals surface area contributed by atoms with Gasteiger partial charge in [-0.15, -0.1) is 0 Å². The summed E-state index contributed by atoms with van der Waals surface area (Å²) in [7, 11) is 0. The minimum atomic E-state index is -1.37. The van der Waals surface area contributed by atoms with E-state index >= 15 is 0 Å². The van der Waals surface area contributed by atoms with Crippen LogP contribution in [0.15, 0.2) is 0 Å². The van der Waals surface area contributed by atoms with Gasteiger partial charge in [0.25, 0.3) is 0 Å². The van der Waals surface area contributed by atoms with Crippen LogP contribution in [-0.2, 0) is 28.8 Å². The normalized spacial score (nSPS) is 22.1. The summed E-state index contributed by atoms with van der Waals surface area (Å²) in [4.78, 5) is 72.9. The third kappa shape index (κ3) is 6.90. The van der Waals surface area contributed by atoms with Crippen molar-refractivity contribution in [3.63, 3.8) is 0 Å². The first-order valence-corrected chi connectivity index (χ1v) is 10.5. The first-order chi connectivity index (χ1) is 15.1. The summed E-state index contributed by atoms with van der Waals surface area (Å²) >= 11 is 0. The number of nitrogens with two attached hydrogens (primary N) is 1. The number of carbonyl (C=O) groups excluding carboxylic acids is 4. The molecule has 2 aliphatic heterocycles. The molecule has 4 atom stereocenters. The molecule has 0 aromatic carbocycles. The Hall–Kier alpha value is -3.22. The fourth-order valence-corrected chi connectivity index (χ4v) is 3.87. The topological polar surface area (TPSA) is 208 Å². The van der Waals surface area contributed by atoms with Gasteiger partial charge in [0, 0.05) is 13.0 Å². The maximum Gasteiger partial charge on any atom is 0.326 e. The van der Waals surface area contributed by atoms with Crippen LogP contribution in [0.2, 0.25) is 0 Å². The van der Waals surface area contributed by atoms with Gasteiger partial charge >= 0.3 is 11.9 Å². The number of carbonyl (C=O) groups is 6. The Kier molecular flexibility index (Phi) is 8.93. The van der Waals surface area contributed by atoms with Gasteiger partial charge in [-0.25, -0.2) is 4.79 Å². The van der Waals surface area contributed by atoms with Crippen LogP contribution in [0, 0.1) is 0 Å². The SMILES string of the molecule is NC(=O)CCC(NC(=O)C1CCCN1C(=O)C(CC(=O)O)NC(=O)C1CCCN1)C(=O)O. The first-order valence-electron chi connectivity index (χ1n) is 10.5. The van der Waals surface area contributed by atoms with Gasteiger partial charge in [-0.2, -0.15) is 0 Å². The molecule has 0 aromatic rings. The van der Waals surface area contributed by atoms with Gasteiger partial charge in [-0.1, -0.05) is 0 Å². The molecule has 32 heavy (non-hydrogen) atoms.